The van der Waals surface area contributed by atoms with Crippen molar-refractivity contribution in [2.75, 3.05) is 30.8 Å². The van der Waals surface area contributed by atoms with Crippen molar-refractivity contribution in [3.8, 4) is 5.75 Å². The lowest BCUT2D eigenvalue weighted by atomic mass is 9.89. The lowest BCUT2D eigenvalue weighted by molar-refractivity contribution is 0.347. The van der Waals surface area contributed by atoms with Crippen LogP contribution in [0.1, 0.15) is 39.0 Å². The Kier molecular flexibility index (Phi) is 4.46. The predicted octanol–water partition coefficient (Wildman–Crippen LogP) is 3.16. The Morgan fingerprint density at radius 3 is 2.62 bits per heavy atom. The highest BCUT2D eigenvalue weighted by Gasteiger charge is 2.39. The van der Waals surface area contributed by atoms with Gasteiger partial charge in [-0.25, -0.2) is 9.97 Å². The zero-order valence-corrected chi connectivity index (χ0v) is 13.1. The molecular weight excluding hydrogens is 264 g/mol. The number of rotatable bonds is 7. The van der Waals surface area contributed by atoms with Crippen LogP contribution in [0.2, 0.25) is 0 Å². The minimum Gasteiger partial charge on any atom is -0.490 e. The van der Waals surface area contributed by atoms with E-state index < -0.39 is 0 Å². The third-order valence-corrected chi connectivity index (χ3v) is 4.97. The molecule has 2 saturated carbocycles. The van der Waals surface area contributed by atoms with E-state index in [1.54, 1.807) is 13.4 Å². The average Bonchev–Trinajstić information content (AvgIpc) is 3.13. The summed E-state index contributed by atoms with van der Waals surface area (Å²) in [6.45, 7) is 4.02. The molecule has 1 aromatic heterocycles. The standard InChI is InChI=1S/C16H26N4O/c1-3-6-17-15-14(21-2)16(20-10-19-15)18-9-13-8-11-4-5-12(13)7-11/h10-13H,3-9H2,1-2H3,(H2,17,18,19,20). The monoisotopic (exact) mass is 290 g/mol. The van der Waals surface area contributed by atoms with Gasteiger partial charge in [0.05, 0.1) is 7.11 Å². The lowest BCUT2D eigenvalue weighted by Gasteiger charge is -2.22. The molecule has 3 atom stereocenters. The molecule has 1 aromatic rings. The highest BCUT2D eigenvalue weighted by molar-refractivity contribution is 5.63. The molecule has 0 amide bonds. The second-order valence-corrected chi connectivity index (χ2v) is 6.35. The van der Waals surface area contributed by atoms with E-state index in [1.165, 1.54) is 25.7 Å². The summed E-state index contributed by atoms with van der Waals surface area (Å²) in [5.74, 6) is 5.03. The summed E-state index contributed by atoms with van der Waals surface area (Å²) >= 11 is 0. The van der Waals surface area contributed by atoms with Crippen LogP contribution in [-0.4, -0.2) is 30.2 Å². The van der Waals surface area contributed by atoms with E-state index in [-0.39, 0.29) is 0 Å². The fourth-order valence-corrected chi connectivity index (χ4v) is 3.92. The van der Waals surface area contributed by atoms with Crippen molar-refractivity contribution in [1.29, 1.82) is 0 Å². The topological polar surface area (TPSA) is 59.1 Å². The molecule has 5 nitrogen and oxygen atoms in total. The van der Waals surface area contributed by atoms with Gasteiger partial charge in [0.2, 0.25) is 5.75 Å². The van der Waals surface area contributed by atoms with E-state index in [1.807, 2.05) is 0 Å². The van der Waals surface area contributed by atoms with E-state index in [4.69, 9.17) is 4.74 Å². The van der Waals surface area contributed by atoms with Gasteiger partial charge < -0.3 is 15.4 Å². The smallest absolute Gasteiger partial charge is 0.204 e. The first kappa shape index (κ1) is 14.4. The van der Waals surface area contributed by atoms with Crippen molar-refractivity contribution in [2.24, 2.45) is 17.8 Å². The third kappa shape index (κ3) is 3.06. The molecule has 0 saturated heterocycles. The van der Waals surface area contributed by atoms with Crippen LogP contribution in [0, 0.1) is 17.8 Å². The highest BCUT2D eigenvalue weighted by Crippen LogP contribution is 2.48. The molecule has 2 fully saturated rings. The Morgan fingerprint density at radius 1 is 1.19 bits per heavy atom. The molecule has 5 heteroatoms. The van der Waals surface area contributed by atoms with Crippen LogP contribution in [0.5, 0.6) is 5.75 Å². The molecule has 2 N–H and O–H groups in total. The van der Waals surface area contributed by atoms with Crippen molar-refractivity contribution >= 4 is 11.6 Å². The van der Waals surface area contributed by atoms with Crippen LogP contribution in [-0.2, 0) is 0 Å². The summed E-state index contributed by atoms with van der Waals surface area (Å²) in [4.78, 5) is 8.63. The fourth-order valence-electron chi connectivity index (χ4n) is 3.92. The van der Waals surface area contributed by atoms with Crippen LogP contribution in [0.25, 0.3) is 0 Å². The molecule has 0 spiro atoms. The highest BCUT2D eigenvalue weighted by atomic mass is 16.5. The first-order chi connectivity index (χ1) is 10.3. The van der Waals surface area contributed by atoms with Crippen LogP contribution in [0.4, 0.5) is 11.6 Å². The Morgan fingerprint density at radius 2 is 2.00 bits per heavy atom. The molecule has 116 valence electrons. The first-order valence-corrected chi connectivity index (χ1v) is 8.18. The van der Waals surface area contributed by atoms with Gasteiger partial charge in [-0.3, -0.25) is 0 Å². The maximum atomic E-state index is 5.50. The number of hydrogen-bond donors (Lipinski definition) is 2. The molecule has 21 heavy (non-hydrogen) atoms. The first-order valence-electron chi connectivity index (χ1n) is 8.18. The molecule has 3 unspecified atom stereocenters. The summed E-state index contributed by atoms with van der Waals surface area (Å²) in [5, 5.41) is 6.78. The molecule has 1 heterocycles. The number of nitrogens with one attached hydrogen (secondary N) is 2. The van der Waals surface area contributed by atoms with Gasteiger partial charge in [-0.2, -0.15) is 0 Å². The number of methoxy groups -OCH3 is 1. The summed E-state index contributed by atoms with van der Waals surface area (Å²) in [6, 6.07) is 0. The van der Waals surface area contributed by atoms with Crippen molar-refractivity contribution in [2.45, 2.75) is 39.0 Å². The van der Waals surface area contributed by atoms with Crippen molar-refractivity contribution in [3.05, 3.63) is 6.33 Å². The number of ether oxygens (including phenoxy) is 1. The van der Waals surface area contributed by atoms with Gasteiger partial charge in [0.25, 0.3) is 0 Å². The minimum absolute atomic E-state index is 0.731. The van der Waals surface area contributed by atoms with Gasteiger partial charge in [-0.15, -0.1) is 0 Å². The molecule has 0 aromatic carbocycles. The molecule has 2 aliphatic rings. The zero-order chi connectivity index (χ0) is 14.7. The molecule has 2 aliphatic carbocycles. The van der Waals surface area contributed by atoms with Gasteiger partial charge in [-0.05, 0) is 43.4 Å². The number of hydrogen-bond acceptors (Lipinski definition) is 5. The van der Waals surface area contributed by atoms with E-state index >= 15 is 0 Å². The maximum Gasteiger partial charge on any atom is 0.204 e. The Balaban J connectivity index is 1.64. The summed E-state index contributed by atoms with van der Waals surface area (Å²) < 4.78 is 5.50. The van der Waals surface area contributed by atoms with Crippen LogP contribution in [0.15, 0.2) is 6.33 Å². The van der Waals surface area contributed by atoms with Crippen LogP contribution >= 0.6 is 0 Å². The minimum atomic E-state index is 0.731. The normalized spacial score (nSPS) is 26.9. The van der Waals surface area contributed by atoms with Gasteiger partial charge in [0, 0.05) is 13.1 Å². The quantitative estimate of drug-likeness (QED) is 0.808. The second-order valence-electron chi connectivity index (χ2n) is 6.35. The fraction of sp³-hybridized carbons (Fsp3) is 0.750. The number of anilines is 2. The van der Waals surface area contributed by atoms with Gasteiger partial charge in [0.1, 0.15) is 6.33 Å². The predicted molar refractivity (Wildman–Crippen MR) is 84.8 cm³/mol. The molecule has 0 aliphatic heterocycles. The van der Waals surface area contributed by atoms with Gasteiger partial charge >= 0.3 is 0 Å². The van der Waals surface area contributed by atoms with Crippen molar-refractivity contribution < 1.29 is 4.74 Å². The largest absolute Gasteiger partial charge is 0.490 e. The Bertz CT molecular complexity index is 479. The molecule has 2 bridgehead atoms. The average molecular weight is 290 g/mol. The van der Waals surface area contributed by atoms with E-state index in [2.05, 4.69) is 27.5 Å². The van der Waals surface area contributed by atoms with Crippen LogP contribution < -0.4 is 15.4 Å². The second kappa shape index (κ2) is 6.50. The van der Waals surface area contributed by atoms with Crippen molar-refractivity contribution in [3.63, 3.8) is 0 Å². The van der Waals surface area contributed by atoms with Gasteiger partial charge in [-0.1, -0.05) is 13.3 Å². The molecule has 3 rings (SSSR count). The van der Waals surface area contributed by atoms with Gasteiger partial charge in [0.15, 0.2) is 11.6 Å². The summed E-state index contributed by atoms with van der Waals surface area (Å²) in [5.41, 5.74) is 0. The third-order valence-electron chi connectivity index (χ3n) is 4.97. The zero-order valence-electron chi connectivity index (χ0n) is 13.1. The number of nitrogens with zero attached hydrogens (tertiary/aromatic N) is 2. The lowest BCUT2D eigenvalue weighted by Crippen LogP contribution is -2.21. The number of fused-ring (bicyclic) bond motifs is 2. The van der Waals surface area contributed by atoms with E-state index in [9.17, 15) is 0 Å². The Labute approximate surface area is 126 Å². The van der Waals surface area contributed by atoms with Crippen molar-refractivity contribution in [1.82, 2.24) is 9.97 Å². The van der Waals surface area contributed by atoms with E-state index in [0.717, 1.165) is 54.6 Å². The molecular formula is C16H26N4O. The summed E-state index contributed by atoms with van der Waals surface area (Å²) in [6.07, 6.45) is 8.34. The number of aromatic nitrogens is 2. The summed E-state index contributed by atoms with van der Waals surface area (Å²) in [7, 11) is 1.68. The van der Waals surface area contributed by atoms with Crippen LogP contribution in [0.3, 0.4) is 0 Å². The maximum absolute atomic E-state index is 5.50. The Hall–Kier alpha value is -1.52. The SMILES string of the molecule is CCCNc1ncnc(NCC2CC3CCC2C3)c1OC. The van der Waals surface area contributed by atoms with E-state index in [0.29, 0.717) is 0 Å². The molecule has 0 radical (unpaired) electrons.